The van der Waals surface area contributed by atoms with Crippen LogP contribution in [-0.4, -0.2) is 25.8 Å². The van der Waals surface area contributed by atoms with Crippen molar-refractivity contribution in [3.63, 3.8) is 0 Å². The average molecular weight is 213 g/mol. The van der Waals surface area contributed by atoms with E-state index in [9.17, 15) is 0 Å². The fraction of sp³-hybridized carbons (Fsp3) is 1.00. The third kappa shape index (κ3) is 6.91. The number of hydrogen-bond acceptors (Lipinski definition) is 2. The molecule has 1 aliphatic carbocycles. The van der Waals surface area contributed by atoms with Crippen LogP contribution in [0.25, 0.3) is 0 Å². The minimum Gasteiger partial charge on any atom is -0.377 e. The average Bonchev–Trinajstić information content (AvgIpc) is 2.45. The molecule has 0 amide bonds. The van der Waals surface area contributed by atoms with Crippen LogP contribution >= 0.6 is 0 Å². The molecule has 2 heteroatoms. The monoisotopic (exact) mass is 213 g/mol. The number of hydrogen-bond donors (Lipinski definition) is 1. The van der Waals surface area contributed by atoms with E-state index in [2.05, 4.69) is 19.2 Å². The zero-order chi connectivity index (χ0) is 10.9. The van der Waals surface area contributed by atoms with Gasteiger partial charge in [-0.15, -0.1) is 0 Å². The molecule has 0 bridgehead atoms. The minimum absolute atomic E-state index is 0.549. The molecule has 1 fully saturated rings. The van der Waals surface area contributed by atoms with E-state index in [1.54, 1.807) is 0 Å². The van der Waals surface area contributed by atoms with Crippen LogP contribution in [0, 0.1) is 5.92 Å². The quantitative estimate of drug-likeness (QED) is 0.541. The van der Waals surface area contributed by atoms with Gasteiger partial charge in [-0.05, 0) is 25.3 Å². The lowest BCUT2D eigenvalue weighted by Crippen LogP contribution is -2.26. The SMILES string of the molecule is CC(C)CNCCOC1CCCCCC1. The molecule has 0 heterocycles. The highest BCUT2D eigenvalue weighted by Crippen LogP contribution is 2.19. The highest BCUT2D eigenvalue weighted by atomic mass is 16.5. The second kappa shape index (κ2) is 8.12. The van der Waals surface area contributed by atoms with Gasteiger partial charge in [0, 0.05) is 6.54 Å². The van der Waals surface area contributed by atoms with Crippen molar-refractivity contribution in [1.29, 1.82) is 0 Å². The maximum atomic E-state index is 5.88. The first-order valence-corrected chi connectivity index (χ1v) is 6.61. The second-order valence-electron chi connectivity index (χ2n) is 5.08. The van der Waals surface area contributed by atoms with E-state index in [0.717, 1.165) is 25.6 Å². The molecule has 0 unspecified atom stereocenters. The van der Waals surface area contributed by atoms with Crippen molar-refractivity contribution in [2.75, 3.05) is 19.7 Å². The van der Waals surface area contributed by atoms with Gasteiger partial charge in [0.2, 0.25) is 0 Å². The van der Waals surface area contributed by atoms with Crippen LogP contribution in [0.4, 0.5) is 0 Å². The van der Waals surface area contributed by atoms with Crippen LogP contribution in [0.1, 0.15) is 52.4 Å². The number of rotatable bonds is 6. The van der Waals surface area contributed by atoms with Gasteiger partial charge < -0.3 is 10.1 Å². The largest absolute Gasteiger partial charge is 0.377 e. The van der Waals surface area contributed by atoms with Gasteiger partial charge in [-0.1, -0.05) is 39.5 Å². The van der Waals surface area contributed by atoms with Gasteiger partial charge in [0.25, 0.3) is 0 Å². The summed E-state index contributed by atoms with van der Waals surface area (Å²) in [5.41, 5.74) is 0. The molecule has 90 valence electrons. The van der Waals surface area contributed by atoms with Gasteiger partial charge in [-0.25, -0.2) is 0 Å². The van der Waals surface area contributed by atoms with Crippen LogP contribution in [0.3, 0.4) is 0 Å². The molecule has 0 aromatic rings. The number of ether oxygens (including phenoxy) is 1. The van der Waals surface area contributed by atoms with Gasteiger partial charge >= 0.3 is 0 Å². The molecule has 0 aromatic carbocycles. The normalized spacial score (nSPS) is 19.4. The Labute approximate surface area is 94.8 Å². The molecule has 2 nitrogen and oxygen atoms in total. The summed E-state index contributed by atoms with van der Waals surface area (Å²) >= 11 is 0. The first-order chi connectivity index (χ1) is 7.29. The topological polar surface area (TPSA) is 21.3 Å². The fourth-order valence-electron chi connectivity index (χ4n) is 2.10. The van der Waals surface area contributed by atoms with Gasteiger partial charge in [-0.2, -0.15) is 0 Å². The van der Waals surface area contributed by atoms with Crippen LogP contribution < -0.4 is 5.32 Å². The molecule has 15 heavy (non-hydrogen) atoms. The highest BCUT2D eigenvalue weighted by Gasteiger charge is 2.11. The summed E-state index contributed by atoms with van der Waals surface area (Å²) in [7, 11) is 0. The Morgan fingerprint density at radius 3 is 2.40 bits per heavy atom. The van der Waals surface area contributed by atoms with Crippen molar-refractivity contribution < 1.29 is 4.74 Å². The standard InChI is InChI=1S/C13H27NO/c1-12(2)11-14-9-10-15-13-7-5-3-4-6-8-13/h12-14H,3-11H2,1-2H3. The predicted molar refractivity (Wildman–Crippen MR) is 65.1 cm³/mol. The molecule has 0 aromatic heterocycles. The van der Waals surface area contributed by atoms with Crippen LogP contribution in [0.15, 0.2) is 0 Å². The highest BCUT2D eigenvalue weighted by molar-refractivity contribution is 4.64. The molecular weight excluding hydrogens is 186 g/mol. The molecule has 1 aliphatic rings. The lowest BCUT2D eigenvalue weighted by atomic mass is 10.1. The Morgan fingerprint density at radius 2 is 1.80 bits per heavy atom. The first kappa shape index (κ1) is 13.0. The van der Waals surface area contributed by atoms with Gasteiger partial charge in [0.15, 0.2) is 0 Å². The summed E-state index contributed by atoms with van der Waals surface area (Å²) in [6, 6.07) is 0. The van der Waals surface area contributed by atoms with Crippen LogP contribution in [0.5, 0.6) is 0 Å². The van der Waals surface area contributed by atoms with Crippen molar-refractivity contribution in [3.8, 4) is 0 Å². The lowest BCUT2D eigenvalue weighted by Gasteiger charge is -2.15. The predicted octanol–water partition coefficient (Wildman–Crippen LogP) is 2.97. The third-order valence-corrected chi connectivity index (χ3v) is 2.99. The molecule has 1 saturated carbocycles. The van der Waals surface area contributed by atoms with Crippen molar-refractivity contribution in [3.05, 3.63) is 0 Å². The summed E-state index contributed by atoms with van der Waals surface area (Å²) in [5.74, 6) is 0.739. The number of nitrogens with one attached hydrogen (secondary N) is 1. The van der Waals surface area contributed by atoms with Crippen molar-refractivity contribution >= 4 is 0 Å². The summed E-state index contributed by atoms with van der Waals surface area (Å²) in [6.07, 6.45) is 8.66. The zero-order valence-electron chi connectivity index (χ0n) is 10.4. The Morgan fingerprint density at radius 1 is 1.13 bits per heavy atom. The van der Waals surface area contributed by atoms with E-state index in [0.29, 0.717) is 6.10 Å². The van der Waals surface area contributed by atoms with Gasteiger partial charge in [0.05, 0.1) is 12.7 Å². The Bertz CT molecular complexity index is 139. The maximum absolute atomic E-state index is 5.88. The molecule has 1 N–H and O–H groups in total. The molecule has 0 saturated heterocycles. The molecule has 0 aliphatic heterocycles. The Balaban J connectivity index is 1.94. The van der Waals surface area contributed by atoms with E-state index in [1.807, 2.05) is 0 Å². The molecule has 0 spiro atoms. The third-order valence-electron chi connectivity index (χ3n) is 2.99. The van der Waals surface area contributed by atoms with E-state index >= 15 is 0 Å². The molecule has 0 radical (unpaired) electrons. The first-order valence-electron chi connectivity index (χ1n) is 6.61. The van der Waals surface area contributed by atoms with E-state index in [-0.39, 0.29) is 0 Å². The summed E-state index contributed by atoms with van der Waals surface area (Å²) in [4.78, 5) is 0. The van der Waals surface area contributed by atoms with E-state index in [1.165, 1.54) is 38.5 Å². The van der Waals surface area contributed by atoms with E-state index < -0.39 is 0 Å². The van der Waals surface area contributed by atoms with Crippen LogP contribution in [-0.2, 0) is 4.74 Å². The van der Waals surface area contributed by atoms with Crippen molar-refractivity contribution in [2.45, 2.75) is 58.5 Å². The lowest BCUT2D eigenvalue weighted by molar-refractivity contribution is 0.0450. The Hall–Kier alpha value is -0.0800. The molecule has 0 atom stereocenters. The Kier molecular flexibility index (Phi) is 7.03. The second-order valence-corrected chi connectivity index (χ2v) is 5.08. The fourth-order valence-corrected chi connectivity index (χ4v) is 2.10. The van der Waals surface area contributed by atoms with Crippen molar-refractivity contribution in [1.82, 2.24) is 5.32 Å². The molecular formula is C13H27NO. The zero-order valence-corrected chi connectivity index (χ0v) is 10.4. The minimum atomic E-state index is 0.549. The summed E-state index contributed by atoms with van der Waals surface area (Å²) in [5, 5.41) is 3.42. The maximum Gasteiger partial charge on any atom is 0.0594 e. The smallest absolute Gasteiger partial charge is 0.0594 e. The van der Waals surface area contributed by atoms with Crippen molar-refractivity contribution in [2.24, 2.45) is 5.92 Å². The van der Waals surface area contributed by atoms with E-state index in [4.69, 9.17) is 4.74 Å². The van der Waals surface area contributed by atoms with Crippen LogP contribution in [0.2, 0.25) is 0 Å². The summed E-state index contributed by atoms with van der Waals surface area (Å²) < 4.78 is 5.88. The summed E-state index contributed by atoms with van der Waals surface area (Å²) in [6.45, 7) is 7.47. The molecule has 1 rings (SSSR count). The van der Waals surface area contributed by atoms with Gasteiger partial charge in [-0.3, -0.25) is 0 Å². The van der Waals surface area contributed by atoms with Gasteiger partial charge in [0.1, 0.15) is 0 Å².